The van der Waals surface area contributed by atoms with Crippen molar-refractivity contribution in [2.75, 3.05) is 4.72 Å². The molecule has 0 aliphatic carbocycles. The summed E-state index contributed by atoms with van der Waals surface area (Å²) in [6.07, 6.45) is 1.17. The average Bonchev–Trinajstić information content (AvgIpc) is 3.26. The number of thioether (sulfide) groups is 1. The van der Waals surface area contributed by atoms with Gasteiger partial charge in [0, 0.05) is 5.69 Å². The van der Waals surface area contributed by atoms with Gasteiger partial charge in [-0.1, -0.05) is 50.2 Å². The molecule has 1 fully saturated rings. The predicted octanol–water partition coefficient (Wildman–Crippen LogP) is 6.11. The Bertz CT molecular complexity index is 1550. The van der Waals surface area contributed by atoms with Crippen molar-refractivity contribution < 1.29 is 36.2 Å². The van der Waals surface area contributed by atoms with E-state index in [1.807, 2.05) is 38.1 Å². The van der Waals surface area contributed by atoms with Gasteiger partial charge in [0.1, 0.15) is 12.4 Å². The van der Waals surface area contributed by atoms with Gasteiger partial charge in [-0.2, -0.15) is 21.6 Å². The molecule has 4 rings (SSSR count). The molecule has 1 aliphatic rings. The number of rotatable bonds is 9. The van der Waals surface area contributed by atoms with Crippen molar-refractivity contribution in [3.8, 4) is 5.75 Å². The molecule has 1 saturated heterocycles. The lowest BCUT2D eigenvalue weighted by Gasteiger charge is -2.15. The van der Waals surface area contributed by atoms with Crippen LogP contribution < -0.4 is 14.8 Å². The number of alkyl halides is 3. The largest absolute Gasteiger partial charge is 0.516 e. The number of amides is 1. The zero-order valence-electron chi connectivity index (χ0n) is 21.8. The smallest absolute Gasteiger partial charge is 0.489 e. The number of nitrogens with zero attached hydrogens (tertiary/aromatic N) is 1. The van der Waals surface area contributed by atoms with Crippen LogP contribution in [0.3, 0.4) is 0 Å². The summed E-state index contributed by atoms with van der Waals surface area (Å²) in [4.78, 5) is 17.0. The maximum atomic E-state index is 12.5. The van der Waals surface area contributed by atoms with Crippen LogP contribution in [0, 0.1) is 5.92 Å². The lowest BCUT2D eigenvalue weighted by atomic mass is 9.98. The van der Waals surface area contributed by atoms with Gasteiger partial charge in [-0.3, -0.25) is 9.52 Å². The van der Waals surface area contributed by atoms with E-state index in [2.05, 4.69) is 10.3 Å². The number of ether oxygens (including phenoxy) is 1. The van der Waals surface area contributed by atoms with E-state index >= 15 is 0 Å². The number of benzene rings is 3. The van der Waals surface area contributed by atoms with E-state index in [1.54, 1.807) is 30.3 Å². The predicted molar refractivity (Wildman–Crippen MR) is 153 cm³/mol. The lowest BCUT2D eigenvalue weighted by molar-refractivity contribution is -0.115. The molecule has 3 aromatic carbocycles. The molecule has 216 valence electrons. The summed E-state index contributed by atoms with van der Waals surface area (Å²) in [6.45, 7) is 4.27. The van der Waals surface area contributed by atoms with Gasteiger partial charge in [0.2, 0.25) is 0 Å². The minimum Gasteiger partial charge on any atom is -0.489 e. The van der Waals surface area contributed by atoms with Crippen LogP contribution in [0.15, 0.2) is 82.7 Å². The molecule has 41 heavy (non-hydrogen) atoms. The normalized spacial score (nSPS) is 16.7. The number of nitrogens with one attached hydrogen (secondary N) is 2. The highest BCUT2D eigenvalue weighted by molar-refractivity contribution is 8.18. The number of hydrogen-bond acceptors (Lipinski definition) is 7. The topological polar surface area (TPSA) is 117 Å². The van der Waals surface area contributed by atoms with E-state index in [1.165, 1.54) is 16.9 Å². The van der Waals surface area contributed by atoms with E-state index in [4.69, 9.17) is 4.74 Å². The first-order valence-electron chi connectivity index (χ1n) is 12.3. The number of carbonyl (C=O) groups excluding carboxylic acids is 1. The molecule has 13 heteroatoms. The molecule has 0 spiro atoms. The fraction of sp³-hybridized carbons (Fsp3) is 0.214. The van der Waals surface area contributed by atoms with Crippen molar-refractivity contribution in [1.29, 1.82) is 0 Å². The van der Waals surface area contributed by atoms with Crippen LogP contribution >= 0.6 is 11.8 Å². The highest BCUT2D eigenvalue weighted by atomic mass is 32.2. The summed E-state index contributed by atoms with van der Waals surface area (Å²) in [5, 5.41) is 13.0. The van der Waals surface area contributed by atoms with Crippen LogP contribution in [0.1, 0.15) is 36.6 Å². The summed E-state index contributed by atoms with van der Waals surface area (Å²) in [6, 6.07) is 19.7. The number of hydrogen-bond donors (Lipinski definition) is 3. The SMILES string of the molecule is CC(C)C(O)c1ccc(COc2ccc(/C=C3/SC(=Nc4ccc(NS(=O)(=O)C(F)(F)F)cc4)NC3=O)cc2)cc1. The van der Waals surface area contributed by atoms with Crippen LogP contribution in [-0.4, -0.2) is 30.1 Å². The quantitative estimate of drug-likeness (QED) is 0.254. The lowest BCUT2D eigenvalue weighted by Crippen LogP contribution is -2.29. The third-order valence-electron chi connectivity index (χ3n) is 5.84. The Morgan fingerprint density at radius 3 is 2.24 bits per heavy atom. The van der Waals surface area contributed by atoms with E-state index in [0.717, 1.165) is 40.6 Å². The molecule has 0 bridgehead atoms. The molecular weight excluding hydrogens is 579 g/mol. The van der Waals surface area contributed by atoms with Gasteiger partial charge in [0.05, 0.1) is 16.7 Å². The first-order valence-corrected chi connectivity index (χ1v) is 14.6. The monoisotopic (exact) mass is 605 g/mol. The molecule has 1 amide bonds. The van der Waals surface area contributed by atoms with Crippen molar-refractivity contribution in [2.45, 2.75) is 32.1 Å². The Morgan fingerprint density at radius 1 is 1.02 bits per heavy atom. The Balaban J connectivity index is 1.34. The van der Waals surface area contributed by atoms with E-state index in [-0.39, 0.29) is 22.7 Å². The molecule has 8 nitrogen and oxygen atoms in total. The second-order valence-corrected chi connectivity index (χ2v) is 12.1. The number of aliphatic imine (C=N–C) groups is 1. The Hall–Kier alpha value is -3.81. The summed E-state index contributed by atoms with van der Waals surface area (Å²) in [5.41, 5.74) is -2.84. The van der Waals surface area contributed by atoms with Gasteiger partial charge in [-0.25, -0.2) is 4.99 Å². The maximum Gasteiger partial charge on any atom is 0.516 e. The average molecular weight is 606 g/mol. The summed E-state index contributed by atoms with van der Waals surface area (Å²) in [7, 11) is -5.53. The molecule has 3 N–H and O–H groups in total. The second-order valence-electron chi connectivity index (χ2n) is 9.37. The van der Waals surface area contributed by atoms with Crippen molar-refractivity contribution in [2.24, 2.45) is 10.9 Å². The minimum atomic E-state index is -5.53. The van der Waals surface area contributed by atoms with Gasteiger partial charge in [0.25, 0.3) is 5.91 Å². The summed E-state index contributed by atoms with van der Waals surface area (Å²) in [5.74, 6) is 0.403. The molecule has 1 atom stereocenters. The van der Waals surface area contributed by atoms with E-state index in [9.17, 15) is 31.5 Å². The number of halogens is 3. The molecular formula is C28H26F3N3O5S2. The van der Waals surface area contributed by atoms with E-state index < -0.39 is 21.6 Å². The third kappa shape index (κ3) is 7.90. The van der Waals surface area contributed by atoms with Crippen molar-refractivity contribution in [3.63, 3.8) is 0 Å². The van der Waals surface area contributed by atoms with Crippen LogP contribution in [0.25, 0.3) is 6.08 Å². The van der Waals surface area contributed by atoms with Crippen LogP contribution in [0.2, 0.25) is 0 Å². The highest BCUT2D eigenvalue weighted by Gasteiger charge is 2.46. The molecule has 1 unspecified atom stereocenters. The Morgan fingerprint density at radius 2 is 1.66 bits per heavy atom. The first-order chi connectivity index (χ1) is 19.3. The number of aliphatic hydroxyl groups excluding tert-OH is 1. The molecule has 3 aromatic rings. The Labute approximate surface area is 239 Å². The minimum absolute atomic E-state index is 0.125. The first kappa shape index (κ1) is 30.2. The second kappa shape index (κ2) is 12.4. The zero-order chi connectivity index (χ0) is 29.8. The standard InChI is InChI=1S/C28H26F3N3O5S2/c1-17(2)25(35)20-7-3-19(4-8-20)16-39-23-13-5-18(6-14-23)15-24-26(36)33-27(40-24)32-21-9-11-22(12-10-21)34-41(37,38)28(29,30)31/h3-15,17,25,34-35H,16H2,1-2H3,(H,32,33,36)/b24-15+. The number of anilines is 1. The number of aliphatic hydroxyl groups is 1. The van der Waals surface area contributed by atoms with Crippen molar-refractivity contribution >= 4 is 50.3 Å². The fourth-order valence-electron chi connectivity index (χ4n) is 3.59. The molecule has 0 aromatic heterocycles. The highest BCUT2D eigenvalue weighted by Crippen LogP contribution is 2.30. The van der Waals surface area contributed by atoms with Crippen LogP contribution in [-0.2, 0) is 21.4 Å². The van der Waals surface area contributed by atoms with Gasteiger partial charge >= 0.3 is 15.5 Å². The van der Waals surface area contributed by atoms with Gasteiger partial charge in [-0.15, -0.1) is 0 Å². The van der Waals surface area contributed by atoms with Gasteiger partial charge < -0.3 is 15.2 Å². The van der Waals surface area contributed by atoms with Crippen LogP contribution in [0.5, 0.6) is 5.75 Å². The van der Waals surface area contributed by atoms with Gasteiger partial charge in [-0.05, 0) is 76.8 Å². The van der Waals surface area contributed by atoms with Crippen molar-refractivity contribution in [1.82, 2.24) is 5.32 Å². The molecule has 0 saturated carbocycles. The molecule has 1 aliphatic heterocycles. The third-order valence-corrected chi connectivity index (χ3v) is 7.87. The zero-order valence-corrected chi connectivity index (χ0v) is 23.5. The van der Waals surface area contributed by atoms with Gasteiger partial charge in [0.15, 0.2) is 5.17 Å². The Kier molecular flexibility index (Phi) is 9.10. The van der Waals surface area contributed by atoms with Crippen LogP contribution in [0.4, 0.5) is 24.5 Å². The number of amidine groups is 1. The van der Waals surface area contributed by atoms with E-state index in [0.29, 0.717) is 22.9 Å². The molecule has 1 heterocycles. The molecule has 0 radical (unpaired) electrons. The number of carbonyl (C=O) groups is 1. The fourth-order valence-corrected chi connectivity index (χ4v) is 4.99. The maximum absolute atomic E-state index is 12.5. The summed E-state index contributed by atoms with van der Waals surface area (Å²) < 4.78 is 67.3. The summed E-state index contributed by atoms with van der Waals surface area (Å²) >= 11 is 1.08. The van der Waals surface area contributed by atoms with Crippen molar-refractivity contribution in [3.05, 3.63) is 94.4 Å². The number of sulfonamides is 1.